The molecule has 128 valence electrons. The molecule has 23 heavy (non-hydrogen) atoms. The Labute approximate surface area is 139 Å². The van der Waals surface area contributed by atoms with Gasteiger partial charge in [-0.25, -0.2) is 0 Å². The van der Waals surface area contributed by atoms with Gasteiger partial charge in [0.05, 0.1) is 19.3 Å². The van der Waals surface area contributed by atoms with Crippen LogP contribution in [0.2, 0.25) is 0 Å². The largest absolute Gasteiger partial charge is 0.493 e. The molecule has 2 N–H and O–H groups in total. The van der Waals surface area contributed by atoms with E-state index in [4.69, 9.17) is 9.47 Å². The van der Waals surface area contributed by atoms with Crippen molar-refractivity contribution in [2.45, 2.75) is 45.1 Å². The summed E-state index contributed by atoms with van der Waals surface area (Å²) in [6.45, 7) is 8.42. The van der Waals surface area contributed by atoms with Gasteiger partial charge in [0.2, 0.25) is 0 Å². The van der Waals surface area contributed by atoms with Crippen LogP contribution in [0.5, 0.6) is 11.5 Å². The molecule has 2 atom stereocenters. The summed E-state index contributed by atoms with van der Waals surface area (Å²) < 4.78 is 11.4. The first kappa shape index (κ1) is 16.6. The Bertz CT molecular complexity index is 562. The molecule has 0 bridgehead atoms. The van der Waals surface area contributed by atoms with Crippen LogP contribution < -0.4 is 14.8 Å². The summed E-state index contributed by atoms with van der Waals surface area (Å²) in [5.74, 6) is 2.56. The topological polar surface area (TPSA) is 50.7 Å². The lowest BCUT2D eigenvalue weighted by molar-refractivity contribution is -0.0430. The molecule has 1 aromatic carbocycles. The highest BCUT2D eigenvalue weighted by Crippen LogP contribution is 2.48. The molecule has 1 aliphatic carbocycles. The van der Waals surface area contributed by atoms with Gasteiger partial charge in [-0.2, -0.15) is 0 Å². The Morgan fingerprint density at radius 1 is 1.30 bits per heavy atom. The van der Waals surface area contributed by atoms with Crippen LogP contribution in [-0.4, -0.2) is 37.5 Å². The average Bonchev–Trinajstić information content (AvgIpc) is 3.24. The molecule has 1 saturated heterocycles. The Morgan fingerprint density at radius 3 is 2.65 bits per heavy atom. The predicted molar refractivity (Wildman–Crippen MR) is 91.2 cm³/mol. The van der Waals surface area contributed by atoms with Crippen LogP contribution in [0, 0.1) is 11.3 Å². The van der Waals surface area contributed by atoms with Gasteiger partial charge in [-0.05, 0) is 50.3 Å². The normalized spacial score (nSPS) is 28.0. The van der Waals surface area contributed by atoms with Crippen molar-refractivity contribution in [1.82, 2.24) is 5.32 Å². The van der Waals surface area contributed by atoms with E-state index in [0.717, 1.165) is 31.2 Å². The quantitative estimate of drug-likeness (QED) is 0.846. The van der Waals surface area contributed by atoms with E-state index in [0.29, 0.717) is 5.92 Å². The fourth-order valence-corrected chi connectivity index (χ4v) is 3.47. The fourth-order valence-electron chi connectivity index (χ4n) is 3.47. The number of methoxy groups -OCH3 is 1. The summed E-state index contributed by atoms with van der Waals surface area (Å²) in [6, 6.07) is 6.19. The van der Waals surface area contributed by atoms with Crippen molar-refractivity contribution in [2.75, 3.05) is 26.8 Å². The number of hydrogen-bond acceptors (Lipinski definition) is 4. The number of rotatable bonds is 6. The van der Waals surface area contributed by atoms with Crippen LogP contribution in [-0.2, 0) is 0 Å². The monoisotopic (exact) mass is 319 g/mol. The predicted octanol–water partition coefficient (Wildman–Crippen LogP) is 2.95. The maximum absolute atomic E-state index is 10.7. The van der Waals surface area contributed by atoms with Gasteiger partial charge in [0.15, 0.2) is 11.5 Å². The third-order valence-corrected chi connectivity index (χ3v) is 5.77. The molecule has 0 spiro atoms. The summed E-state index contributed by atoms with van der Waals surface area (Å²) in [4.78, 5) is 0. The minimum Gasteiger partial charge on any atom is -0.493 e. The summed E-state index contributed by atoms with van der Waals surface area (Å²) in [5, 5.41) is 14.1. The van der Waals surface area contributed by atoms with Gasteiger partial charge in [0.1, 0.15) is 0 Å². The summed E-state index contributed by atoms with van der Waals surface area (Å²) in [5.41, 5.74) is 0.233. The first-order chi connectivity index (χ1) is 10.8. The molecule has 1 heterocycles. The molecular weight excluding hydrogens is 290 g/mol. The average molecular weight is 319 g/mol. The maximum Gasteiger partial charge on any atom is 0.161 e. The van der Waals surface area contributed by atoms with E-state index in [-0.39, 0.29) is 11.3 Å². The first-order valence-corrected chi connectivity index (χ1v) is 8.59. The smallest absolute Gasteiger partial charge is 0.161 e. The zero-order valence-electron chi connectivity index (χ0n) is 14.7. The fraction of sp³-hybridized carbons (Fsp3) is 0.684. The highest BCUT2D eigenvalue weighted by molar-refractivity contribution is 5.45. The van der Waals surface area contributed by atoms with E-state index < -0.39 is 5.60 Å². The number of benzene rings is 1. The zero-order valence-corrected chi connectivity index (χ0v) is 14.7. The molecule has 2 aliphatic rings. The zero-order chi connectivity index (χ0) is 16.7. The van der Waals surface area contributed by atoms with E-state index in [9.17, 15) is 5.11 Å². The van der Waals surface area contributed by atoms with Gasteiger partial charge < -0.3 is 19.9 Å². The molecule has 0 aromatic heterocycles. The number of hydrogen-bond donors (Lipinski definition) is 2. The van der Waals surface area contributed by atoms with Gasteiger partial charge in [0, 0.05) is 24.4 Å². The molecule has 1 aliphatic heterocycles. The summed E-state index contributed by atoms with van der Waals surface area (Å²) in [7, 11) is 1.68. The third kappa shape index (κ3) is 3.20. The lowest BCUT2D eigenvalue weighted by Crippen LogP contribution is -2.46. The van der Waals surface area contributed by atoms with Crippen LogP contribution in [0.3, 0.4) is 0 Å². The Balaban J connectivity index is 1.87. The van der Waals surface area contributed by atoms with Gasteiger partial charge in [-0.15, -0.1) is 0 Å². The van der Waals surface area contributed by atoms with Gasteiger partial charge in [-0.1, -0.05) is 13.0 Å². The second kappa shape index (κ2) is 5.99. The van der Waals surface area contributed by atoms with E-state index >= 15 is 0 Å². The van der Waals surface area contributed by atoms with E-state index in [1.165, 1.54) is 18.4 Å². The first-order valence-electron chi connectivity index (χ1n) is 8.59. The van der Waals surface area contributed by atoms with E-state index in [1.807, 2.05) is 19.9 Å². The van der Waals surface area contributed by atoms with Crippen molar-refractivity contribution in [2.24, 2.45) is 11.3 Å². The standard InChI is InChI=1S/C19H29NO3/c1-18(2,21)19(3)12-20-10-15(19)14-7-8-16(22-4)17(9-14)23-11-13-5-6-13/h7-9,13,15,20-21H,5-6,10-12H2,1-4H3. The second-order valence-corrected chi connectivity index (χ2v) is 7.82. The minimum atomic E-state index is -0.754. The van der Waals surface area contributed by atoms with Crippen LogP contribution in [0.15, 0.2) is 18.2 Å². The number of aliphatic hydroxyl groups is 1. The number of nitrogens with one attached hydrogen (secondary N) is 1. The SMILES string of the molecule is COc1ccc(C2CNCC2(C)C(C)(C)O)cc1OCC1CC1. The Hall–Kier alpha value is -1.26. The van der Waals surface area contributed by atoms with Crippen molar-refractivity contribution in [3.63, 3.8) is 0 Å². The van der Waals surface area contributed by atoms with Crippen LogP contribution in [0.25, 0.3) is 0 Å². The van der Waals surface area contributed by atoms with Crippen molar-refractivity contribution in [1.29, 1.82) is 0 Å². The summed E-state index contributed by atoms with van der Waals surface area (Å²) in [6.07, 6.45) is 2.54. The molecule has 4 nitrogen and oxygen atoms in total. The Morgan fingerprint density at radius 2 is 2.04 bits per heavy atom. The molecule has 2 unspecified atom stereocenters. The van der Waals surface area contributed by atoms with Crippen molar-refractivity contribution in [3.8, 4) is 11.5 Å². The summed E-state index contributed by atoms with van der Waals surface area (Å²) >= 11 is 0. The molecule has 0 radical (unpaired) electrons. The molecule has 2 fully saturated rings. The van der Waals surface area contributed by atoms with Crippen LogP contribution in [0.4, 0.5) is 0 Å². The molecule has 0 amide bonds. The lowest BCUT2D eigenvalue weighted by Gasteiger charge is -2.41. The van der Waals surface area contributed by atoms with Crippen molar-refractivity contribution in [3.05, 3.63) is 23.8 Å². The van der Waals surface area contributed by atoms with Crippen LogP contribution in [0.1, 0.15) is 45.1 Å². The maximum atomic E-state index is 10.7. The number of ether oxygens (including phenoxy) is 2. The van der Waals surface area contributed by atoms with Gasteiger partial charge in [0.25, 0.3) is 0 Å². The highest BCUT2D eigenvalue weighted by atomic mass is 16.5. The third-order valence-electron chi connectivity index (χ3n) is 5.77. The molecular formula is C19H29NO3. The molecule has 4 heteroatoms. The molecule has 1 saturated carbocycles. The highest BCUT2D eigenvalue weighted by Gasteiger charge is 2.49. The molecule has 3 rings (SSSR count). The second-order valence-electron chi connectivity index (χ2n) is 7.82. The van der Waals surface area contributed by atoms with E-state index in [1.54, 1.807) is 7.11 Å². The Kier molecular flexibility index (Phi) is 4.32. The van der Waals surface area contributed by atoms with Gasteiger partial charge in [-0.3, -0.25) is 0 Å². The van der Waals surface area contributed by atoms with Crippen LogP contribution >= 0.6 is 0 Å². The lowest BCUT2D eigenvalue weighted by atomic mass is 9.66. The van der Waals surface area contributed by atoms with E-state index in [2.05, 4.69) is 24.4 Å². The molecule has 1 aromatic rings. The van der Waals surface area contributed by atoms with Crippen molar-refractivity contribution >= 4 is 0 Å². The van der Waals surface area contributed by atoms with Gasteiger partial charge >= 0.3 is 0 Å². The van der Waals surface area contributed by atoms with Crippen molar-refractivity contribution < 1.29 is 14.6 Å². The minimum absolute atomic E-state index is 0.213.